The Morgan fingerprint density at radius 1 is 1.07 bits per heavy atom. The molecular formula is C20H17NO5S. The highest BCUT2D eigenvalue weighted by molar-refractivity contribution is 8.18. The number of nitrogens with zero attached hydrogens (tertiary/aromatic N) is 1. The molecule has 0 aliphatic carbocycles. The number of hydrogen-bond acceptors (Lipinski definition) is 5. The molecule has 2 aromatic carbocycles. The van der Waals surface area contributed by atoms with Gasteiger partial charge in [-0.15, -0.1) is 0 Å². The van der Waals surface area contributed by atoms with Crippen molar-refractivity contribution in [3.63, 3.8) is 0 Å². The van der Waals surface area contributed by atoms with Gasteiger partial charge in [-0.25, -0.2) is 0 Å². The van der Waals surface area contributed by atoms with E-state index in [0.29, 0.717) is 12.4 Å². The molecule has 7 heteroatoms. The molecule has 1 aliphatic heterocycles. The molecule has 27 heavy (non-hydrogen) atoms. The van der Waals surface area contributed by atoms with E-state index in [9.17, 15) is 14.4 Å². The molecule has 1 N–H and O–H groups in total. The van der Waals surface area contributed by atoms with Crippen LogP contribution in [-0.4, -0.2) is 40.3 Å². The van der Waals surface area contributed by atoms with Crippen LogP contribution in [-0.2, 0) is 16.0 Å². The second kappa shape index (κ2) is 8.55. The molecule has 1 fully saturated rings. The fourth-order valence-corrected chi connectivity index (χ4v) is 3.35. The maximum absolute atomic E-state index is 12.1. The molecule has 3 rings (SSSR count). The molecule has 1 saturated heterocycles. The molecule has 2 aromatic rings. The van der Waals surface area contributed by atoms with Gasteiger partial charge in [-0.3, -0.25) is 19.3 Å². The highest BCUT2D eigenvalue weighted by Crippen LogP contribution is 2.32. The second-order valence-electron chi connectivity index (χ2n) is 5.81. The van der Waals surface area contributed by atoms with Crippen LogP contribution >= 0.6 is 11.8 Å². The van der Waals surface area contributed by atoms with Crippen LogP contribution in [0.15, 0.2) is 59.5 Å². The van der Waals surface area contributed by atoms with Crippen LogP contribution in [0.4, 0.5) is 4.79 Å². The van der Waals surface area contributed by atoms with Gasteiger partial charge in [0, 0.05) is 6.42 Å². The molecule has 1 aliphatic rings. The molecule has 1 heterocycles. The first kappa shape index (κ1) is 18.7. The van der Waals surface area contributed by atoms with Crippen LogP contribution < -0.4 is 4.74 Å². The first-order valence-electron chi connectivity index (χ1n) is 8.27. The highest BCUT2D eigenvalue weighted by Gasteiger charge is 2.36. The smallest absolute Gasteiger partial charge is 0.323 e. The highest BCUT2D eigenvalue weighted by atomic mass is 32.2. The maximum Gasteiger partial charge on any atom is 0.323 e. The Bertz CT molecular complexity index is 877. The molecule has 0 spiro atoms. The number of imide groups is 1. The maximum atomic E-state index is 12.1. The Hall–Kier alpha value is -3.06. The molecule has 0 unspecified atom stereocenters. The van der Waals surface area contributed by atoms with Gasteiger partial charge < -0.3 is 9.84 Å². The molecule has 0 aromatic heterocycles. The lowest BCUT2D eigenvalue weighted by molar-refractivity contribution is -0.140. The standard InChI is InChI=1S/C20H17NO5S/c22-18(23)13-21-19(24)17(27-20(21)25)12-15-6-8-16(9-7-15)26-11-10-14-4-2-1-3-5-14/h1-9,12H,10-11,13H2,(H,22,23)/b17-12-. The summed E-state index contributed by atoms with van der Waals surface area (Å²) >= 11 is 0.738. The minimum absolute atomic E-state index is 0.207. The van der Waals surface area contributed by atoms with Crippen molar-refractivity contribution in [2.45, 2.75) is 6.42 Å². The van der Waals surface area contributed by atoms with Crippen LogP contribution in [0.1, 0.15) is 11.1 Å². The van der Waals surface area contributed by atoms with Gasteiger partial charge in [0.15, 0.2) is 0 Å². The summed E-state index contributed by atoms with van der Waals surface area (Å²) in [7, 11) is 0. The minimum Gasteiger partial charge on any atom is -0.493 e. The number of aliphatic carboxylic acids is 1. The summed E-state index contributed by atoms with van der Waals surface area (Å²) in [5, 5.41) is 8.20. The van der Waals surface area contributed by atoms with Crippen molar-refractivity contribution >= 4 is 35.0 Å². The normalized spacial score (nSPS) is 15.4. The van der Waals surface area contributed by atoms with Crippen molar-refractivity contribution < 1.29 is 24.2 Å². The lowest BCUT2D eigenvalue weighted by Crippen LogP contribution is -2.33. The Kier molecular flexibility index (Phi) is 5.93. The summed E-state index contributed by atoms with van der Waals surface area (Å²) in [6.07, 6.45) is 2.37. The van der Waals surface area contributed by atoms with Gasteiger partial charge in [0.2, 0.25) is 0 Å². The average molecular weight is 383 g/mol. The number of benzene rings is 2. The fourth-order valence-electron chi connectivity index (χ4n) is 2.51. The Morgan fingerprint density at radius 3 is 2.44 bits per heavy atom. The van der Waals surface area contributed by atoms with Gasteiger partial charge in [0.1, 0.15) is 12.3 Å². The van der Waals surface area contributed by atoms with Gasteiger partial charge in [0.05, 0.1) is 11.5 Å². The molecule has 6 nitrogen and oxygen atoms in total. The van der Waals surface area contributed by atoms with E-state index in [4.69, 9.17) is 9.84 Å². The number of carboxylic acids is 1. The fraction of sp³-hybridized carbons (Fsp3) is 0.150. The van der Waals surface area contributed by atoms with Crippen LogP contribution in [0, 0.1) is 0 Å². The molecule has 0 saturated carbocycles. The number of ether oxygens (including phenoxy) is 1. The average Bonchev–Trinajstić information content (AvgIpc) is 2.91. The van der Waals surface area contributed by atoms with E-state index in [-0.39, 0.29) is 4.91 Å². The molecule has 0 bridgehead atoms. The van der Waals surface area contributed by atoms with Crippen LogP contribution in [0.5, 0.6) is 5.75 Å². The van der Waals surface area contributed by atoms with Crippen LogP contribution in [0.3, 0.4) is 0 Å². The van der Waals surface area contributed by atoms with E-state index >= 15 is 0 Å². The first-order chi connectivity index (χ1) is 13.0. The van der Waals surface area contributed by atoms with Crippen molar-refractivity contribution in [2.24, 2.45) is 0 Å². The Labute approximate surface area is 160 Å². The minimum atomic E-state index is -1.23. The molecular weight excluding hydrogens is 366 g/mol. The van der Waals surface area contributed by atoms with E-state index in [1.54, 1.807) is 30.3 Å². The SMILES string of the molecule is O=C(O)CN1C(=O)S/C(=C\c2ccc(OCCc3ccccc3)cc2)C1=O. The quantitative estimate of drug-likeness (QED) is 0.738. The van der Waals surface area contributed by atoms with Crippen molar-refractivity contribution in [2.75, 3.05) is 13.2 Å². The predicted molar refractivity (Wildman–Crippen MR) is 102 cm³/mol. The molecule has 2 amide bonds. The number of rotatable bonds is 7. The lowest BCUT2D eigenvalue weighted by atomic mass is 10.2. The largest absolute Gasteiger partial charge is 0.493 e. The monoisotopic (exact) mass is 383 g/mol. The van der Waals surface area contributed by atoms with E-state index in [2.05, 4.69) is 0 Å². The third-order valence-corrected chi connectivity index (χ3v) is 4.75. The number of hydrogen-bond donors (Lipinski definition) is 1. The summed E-state index contributed by atoms with van der Waals surface area (Å²) in [6, 6.07) is 17.2. The van der Waals surface area contributed by atoms with Crippen molar-refractivity contribution in [3.8, 4) is 5.75 Å². The van der Waals surface area contributed by atoms with Gasteiger partial charge in [-0.1, -0.05) is 42.5 Å². The predicted octanol–water partition coefficient (Wildman–Crippen LogP) is 3.43. The third-order valence-electron chi connectivity index (χ3n) is 3.85. The van der Waals surface area contributed by atoms with E-state index in [1.165, 1.54) is 5.56 Å². The number of amides is 2. The summed E-state index contributed by atoms with van der Waals surface area (Å²) < 4.78 is 5.71. The second-order valence-corrected chi connectivity index (χ2v) is 6.81. The molecule has 0 atom stereocenters. The van der Waals surface area contributed by atoms with Crippen molar-refractivity contribution in [1.82, 2.24) is 4.90 Å². The summed E-state index contributed by atoms with van der Waals surface area (Å²) in [4.78, 5) is 35.5. The van der Waals surface area contributed by atoms with Crippen molar-refractivity contribution in [3.05, 3.63) is 70.6 Å². The first-order valence-corrected chi connectivity index (χ1v) is 9.08. The number of thioether (sulfide) groups is 1. The number of carbonyl (C=O) groups is 3. The molecule has 138 valence electrons. The van der Waals surface area contributed by atoms with Gasteiger partial charge in [0.25, 0.3) is 11.1 Å². The van der Waals surface area contributed by atoms with E-state index in [1.807, 2.05) is 30.3 Å². The zero-order valence-electron chi connectivity index (χ0n) is 14.3. The van der Waals surface area contributed by atoms with Gasteiger partial charge >= 0.3 is 5.97 Å². The number of carbonyl (C=O) groups excluding carboxylic acids is 2. The van der Waals surface area contributed by atoms with E-state index in [0.717, 1.165) is 28.6 Å². The van der Waals surface area contributed by atoms with Crippen LogP contribution in [0.25, 0.3) is 6.08 Å². The topological polar surface area (TPSA) is 83.9 Å². The van der Waals surface area contributed by atoms with Gasteiger partial charge in [-0.05, 0) is 41.1 Å². The zero-order chi connectivity index (χ0) is 19.2. The summed E-state index contributed by atoms with van der Waals surface area (Å²) in [6.45, 7) is -0.0758. The Morgan fingerprint density at radius 2 is 1.78 bits per heavy atom. The summed E-state index contributed by atoms with van der Waals surface area (Å²) in [5.41, 5.74) is 1.93. The lowest BCUT2D eigenvalue weighted by Gasteiger charge is -2.08. The summed E-state index contributed by atoms with van der Waals surface area (Å²) in [5.74, 6) is -1.10. The Balaban J connectivity index is 1.59. The van der Waals surface area contributed by atoms with E-state index < -0.39 is 23.7 Å². The van der Waals surface area contributed by atoms with Crippen LogP contribution in [0.2, 0.25) is 0 Å². The number of carboxylic acid groups (broad SMARTS) is 1. The van der Waals surface area contributed by atoms with Gasteiger partial charge in [-0.2, -0.15) is 0 Å². The van der Waals surface area contributed by atoms with Crippen molar-refractivity contribution in [1.29, 1.82) is 0 Å². The molecule has 0 radical (unpaired) electrons. The third kappa shape index (κ3) is 4.98. The zero-order valence-corrected chi connectivity index (χ0v) is 15.1.